The average molecular weight is 374 g/mol. The molecular weight excluding hydrogens is 348 g/mol. The molecule has 1 aliphatic heterocycles. The summed E-state index contributed by atoms with van der Waals surface area (Å²) in [5.74, 6) is -0.142. The van der Waals surface area contributed by atoms with E-state index in [-0.39, 0.29) is 18.0 Å². The Bertz CT molecular complexity index is 721. The zero-order valence-electron chi connectivity index (χ0n) is 15.3. The molecule has 2 amide bonds. The molecule has 0 saturated heterocycles. The Balaban J connectivity index is 1.31. The first kappa shape index (κ1) is 17.9. The van der Waals surface area contributed by atoms with E-state index in [0.717, 1.165) is 31.4 Å². The van der Waals surface area contributed by atoms with E-state index in [1.165, 1.54) is 6.42 Å². The summed E-state index contributed by atoms with van der Waals surface area (Å²) in [5.41, 5.74) is 0.655. The van der Waals surface area contributed by atoms with Crippen LogP contribution in [0, 0.1) is 5.92 Å². The molecule has 3 N–H and O–H groups in total. The summed E-state index contributed by atoms with van der Waals surface area (Å²) in [5, 5.41) is 14.8. The number of benzene rings is 1. The third-order valence-corrected chi connectivity index (χ3v) is 5.82. The van der Waals surface area contributed by atoms with Crippen LogP contribution in [0.2, 0.25) is 0 Å². The fourth-order valence-electron chi connectivity index (χ4n) is 4.30. The van der Waals surface area contributed by atoms with Crippen molar-refractivity contribution in [3.05, 3.63) is 18.2 Å². The molecule has 0 radical (unpaired) electrons. The van der Waals surface area contributed by atoms with Gasteiger partial charge in [-0.2, -0.15) is 0 Å². The minimum absolute atomic E-state index is 0.0140. The maximum absolute atomic E-state index is 12.3. The van der Waals surface area contributed by atoms with Gasteiger partial charge in [-0.05, 0) is 50.7 Å². The van der Waals surface area contributed by atoms with Gasteiger partial charge in [0.2, 0.25) is 0 Å². The first-order valence-electron chi connectivity index (χ1n) is 9.85. The minimum atomic E-state index is -0.742. The highest BCUT2D eigenvalue weighted by Crippen LogP contribution is 2.46. The lowest BCUT2D eigenvalue weighted by molar-refractivity contribution is -0.142. The summed E-state index contributed by atoms with van der Waals surface area (Å²) in [6, 6.07) is 5.19. The van der Waals surface area contributed by atoms with E-state index in [9.17, 15) is 9.59 Å². The molecule has 0 bridgehead atoms. The maximum atomic E-state index is 12.3. The molecule has 1 aromatic carbocycles. The summed E-state index contributed by atoms with van der Waals surface area (Å²) < 4.78 is 12.1. The molecule has 0 unspecified atom stereocenters. The third kappa shape index (κ3) is 3.96. The van der Waals surface area contributed by atoms with E-state index < -0.39 is 11.8 Å². The van der Waals surface area contributed by atoms with E-state index >= 15 is 0 Å². The van der Waals surface area contributed by atoms with Crippen LogP contribution >= 0.6 is 0 Å². The lowest BCUT2D eigenvalue weighted by Crippen LogP contribution is -2.41. The van der Waals surface area contributed by atoms with Crippen molar-refractivity contribution in [2.75, 3.05) is 5.32 Å². The predicted octanol–water partition coefficient (Wildman–Crippen LogP) is 3.88. The van der Waals surface area contributed by atoms with Crippen molar-refractivity contribution < 1.29 is 24.2 Å². The number of hydrogen-bond donors (Lipinski definition) is 3. The van der Waals surface area contributed by atoms with Gasteiger partial charge in [-0.1, -0.05) is 6.42 Å². The Labute approximate surface area is 158 Å². The second kappa shape index (κ2) is 7.29. The van der Waals surface area contributed by atoms with Gasteiger partial charge in [0.1, 0.15) is 0 Å². The number of carbonyl (C=O) groups is 2. The zero-order chi connectivity index (χ0) is 18.9. The van der Waals surface area contributed by atoms with Crippen LogP contribution in [-0.2, 0) is 4.79 Å². The maximum Gasteiger partial charge on any atom is 0.319 e. The second-order valence-electron chi connectivity index (χ2n) is 7.82. The molecular formula is C20H26N2O5. The molecule has 7 heteroatoms. The normalized spacial score (nSPS) is 25.8. The molecule has 2 saturated carbocycles. The lowest BCUT2D eigenvalue weighted by Gasteiger charge is -2.31. The Morgan fingerprint density at radius 3 is 2.41 bits per heavy atom. The Kier molecular flexibility index (Phi) is 4.85. The van der Waals surface area contributed by atoms with Crippen molar-refractivity contribution in [3.8, 4) is 11.5 Å². The molecule has 1 aromatic rings. The third-order valence-electron chi connectivity index (χ3n) is 5.82. The molecule has 4 rings (SSSR count). The largest absolute Gasteiger partial charge is 0.481 e. The molecule has 1 heterocycles. The van der Waals surface area contributed by atoms with E-state index in [2.05, 4.69) is 10.6 Å². The molecule has 7 nitrogen and oxygen atoms in total. The van der Waals surface area contributed by atoms with Gasteiger partial charge in [-0.15, -0.1) is 0 Å². The molecule has 0 aromatic heterocycles. The van der Waals surface area contributed by atoms with Crippen LogP contribution in [-0.4, -0.2) is 28.9 Å². The number of amides is 2. The number of carbonyl (C=O) groups excluding carboxylic acids is 1. The van der Waals surface area contributed by atoms with Crippen LogP contribution in [0.25, 0.3) is 0 Å². The Hall–Kier alpha value is -2.44. The quantitative estimate of drug-likeness (QED) is 0.746. The van der Waals surface area contributed by atoms with E-state index in [4.69, 9.17) is 14.6 Å². The smallest absolute Gasteiger partial charge is 0.319 e. The van der Waals surface area contributed by atoms with Crippen molar-refractivity contribution in [1.29, 1.82) is 0 Å². The number of fused-ring (bicyclic) bond motifs is 1. The highest BCUT2D eigenvalue weighted by Gasteiger charge is 2.42. The first-order valence-corrected chi connectivity index (χ1v) is 9.85. The van der Waals surface area contributed by atoms with Gasteiger partial charge in [0.15, 0.2) is 11.5 Å². The van der Waals surface area contributed by atoms with Crippen LogP contribution in [0.3, 0.4) is 0 Å². The number of hydrogen-bond acceptors (Lipinski definition) is 4. The number of ether oxygens (including phenoxy) is 2. The summed E-state index contributed by atoms with van der Waals surface area (Å²) >= 11 is 0. The van der Waals surface area contributed by atoms with Gasteiger partial charge in [-0.3, -0.25) is 4.79 Å². The summed E-state index contributed by atoms with van der Waals surface area (Å²) in [4.78, 5) is 23.3. The Morgan fingerprint density at radius 2 is 1.70 bits per heavy atom. The minimum Gasteiger partial charge on any atom is -0.481 e. The van der Waals surface area contributed by atoms with Crippen LogP contribution in [0.4, 0.5) is 10.5 Å². The van der Waals surface area contributed by atoms with Crippen molar-refractivity contribution in [2.45, 2.75) is 69.6 Å². The highest BCUT2D eigenvalue weighted by atomic mass is 16.7. The van der Waals surface area contributed by atoms with Crippen LogP contribution in [0.5, 0.6) is 11.5 Å². The highest BCUT2D eigenvalue weighted by molar-refractivity contribution is 5.90. The topological polar surface area (TPSA) is 96.9 Å². The molecule has 2 aliphatic carbocycles. The number of aliphatic carboxylic acids is 1. The number of carboxylic acid groups (broad SMARTS) is 1. The fraction of sp³-hybridized carbons (Fsp3) is 0.600. The van der Waals surface area contributed by atoms with Gasteiger partial charge in [0.25, 0.3) is 5.79 Å². The predicted molar refractivity (Wildman–Crippen MR) is 99.1 cm³/mol. The average Bonchev–Trinajstić information content (AvgIpc) is 2.99. The van der Waals surface area contributed by atoms with Crippen molar-refractivity contribution >= 4 is 17.7 Å². The van der Waals surface area contributed by atoms with Crippen LogP contribution < -0.4 is 20.1 Å². The molecule has 3 aliphatic rings. The molecule has 2 fully saturated rings. The van der Waals surface area contributed by atoms with Crippen LogP contribution in [0.1, 0.15) is 57.8 Å². The number of carboxylic acids is 1. The van der Waals surface area contributed by atoms with Crippen molar-refractivity contribution in [2.24, 2.45) is 5.92 Å². The standard InChI is InChI=1S/C20H26N2O5/c23-18(24)13-4-6-14(7-5-13)21-19(25)22-15-8-9-16-17(12-15)27-20(26-16)10-2-1-3-11-20/h8-9,12-14H,1-7,10-11H2,(H,23,24)(H2,21,22,25). The summed E-state index contributed by atoms with van der Waals surface area (Å²) in [6.07, 6.45) is 7.79. The first-order chi connectivity index (χ1) is 13.0. The summed E-state index contributed by atoms with van der Waals surface area (Å²) in [6.45, 7) is 0. The number of anilines is 1. The van der Waals surface area contributed by atoms with Gasteiger partial charge in [0, 0.05) is 30.6 Å². The molecule has 27 heavy (non-hydrogen) atoms. The number of urea groups is 1. The summed E-state index contributed by atoms with van der Waals surface area (Å²) in [7, 11) is 0. The second-order valence-corrected chi connectivity index (χ2v) is 7.82. The van der Waals surface area contributed by atoms with Crippen molar-refractivity contribution in [3.63, 3.8) is 0 Å². The van der Waals surface area contributed by atoms with E-state index in [1.54, 1.807) is 6.07 Å². The lowest BCUT2D eigenvalue weighted by atomic mass is 9.86. The van der Waals surface area contributed by atoms with Crippen LogP contribution in [0.15, 0.2) is 18.2 Å². The van der Waals surface area contributed by atoms with Crippen molar-refractivity contribution in [1.82, 2.24) is 5.32 Å². The Morgan fingerprint density at radius 1 is 1.00 bits per heavy atom. The number of nitrogens with one attached hydrogen (secondary N) is 2. The molecule has 1 spiro atoms. The molecule has 146 valence electrons. The van der Waals surface area contributed by atoms with E-state index in [1.807, 2.05) is 12.1 Å². The van der Waals surface area contributed by atoms with Gasteiger partial charge < -0.3 is 25.2 Å². The monoisotopic (exact) mass is 374 g/mol. The SMILES string of the molecule is O=C(Nc1ccc2c(c1)OC1(CCCCC1)O2)NC1CCC(C(=O)O)CC1. The van der Waals surface area contributed by atoms with Gasteiger partial charge >= 0.3 is 12.0 Å². The van der Waals surface area contributed by atoms with E-state index in [0.29, 0.717) is 37.1 Å². The van der Waals surface area contributed by atoms with Gasteiger partial charge in [-0.25, -0.2) is 4.79 Å². The number of rotatable bonds is 3. The zero-order valence-corrected chi connectivity index (χ0v) is 15.3. The molecule has 0 atom stereocenters. The van der Waals surface area contributed by atoms with Gasteiger partial charge in [0.05, 0.1) is 5.92 Å². The fourth-order valence-corrected chi connectivity index (χ4v) is 4.30.